The Hall–Kier alpha value is -3.08. The molecular weight excluding hydrogens is 348 g/mol. The van der Waals surface area contributed by atoms with E-state index in [0.29, 0.717) is 5.57 Å². The standard InChI is InChI=1S/C23H26N4O/c1-13-9-18-19-11-16(10-17-15(3)24-27(7)23(17)28)8-14(2)22(19)26(6)21(18)12-20(13)25(4)5/h8-12H,1-7H3/b17-10-. The lowest BCUT2D eigenvalue weighted by Gasteiger charge is -2.16. The van der Waals surface area contributed by atoms with Crippen molar-refractivity contribution in [3.8, 4) is 0 Å². The summed E-state index contributed by atoms with van der Waals surface area (Å²) in [6, 6.07) is 8.86. The van der Waals surface area contributed by atoms with Gasteiger partial charge in [0.2, 0.25) is 0 Å². The van der Waals surface area contributed by atoms with Crippen molar-refractivity contribution >= 4 is 45.2 Å². The van der Waals surface area contributed by atoms with Crippen LogP contribution in [0.2, 0.25) is 0 Å². The van der Waals surface area contributed by atoms with Gasteiger partial charge >= 0.3 is 0 Å². The number of carbonyl (C=O) groups is 1. The molecule has 1 aromatic heterocycles. The highest BCUT2D eigenvalue weighted by molar-refractivity contribution is 6.26. The first-order chi connectivity index (χ1) is 13.2. The average molecular weight is 374 g/mol. The third-order valence-corrected chi connectivity index (χ3v) is 5.63. The van der Waals surface area contributed by atoms with Gasteiger partial charge in [0.15, 0.2) is 0 Å². The van der Waals surface area contributed by atoms with Crippen LogP contribution in [0.4, 0.5) is 5.69 Å². The highest BCUT2D eigenvalue weighted by atomic mass is 16.2. The Kier molecular flexibility index (Phi) is 4.07. The summed E-state index contributed by atoms with van der Waals surface area (Å²) in [7, 11) is 7.96. The molecule has 0 radical (unpaired) electrons. The molecule has 144 valence electrons. The van der Waals surface area contributed by atoms with E-state index >= 15 is 0 Å². The van der Waals surface area contributed by atoms with Crippen molar-refractivity contribution in [2.24, 2.45) is 12.1 Å². The highest BCUT2D eigenvalue weighted by Gasteiger charge is 2.24. The van der Waals surface area contributed by atoms with Crippen LogP contribution in [0.25, 0.3) is 27.9 Å². The Labute approximate surface area is 165 Å². The second kappa shape index (κ2) is 6.23. The number of rotatable bonds is 2. The number of carbonyl (C=O) groups excluding carboxylic acids is 1. The molecule has 1 aliphatic rings. The Morgan fingerprint density at radius 2 is 1.68 bits per heavy atom. The van der Waals surface area contributed by atoms with Gasteiger partial charge in [-0.25, -0.2) is 5.01 Å². The topological polar surface area (TPSA) is 40.8 Å². The molecule has 28 heavy (non-hydrogen) atoms. The lowest BCUT2D eigenvalue weighted by Crippen LogP contribution is -2.16. The number of aryl methyl sites for hydroxylation is 3. The van der Waals surface area contributed by atoms with Crippen LogP contribution < -0.4 is 4.90 Å². The van der Waals surface area contributed by atoms with Gasteiger partial charge in [-0.1, -0.05) is 0 Å². The molecule has 0 N–H and O–H groups in total. The second-order valence-corrected chi connectivity index (χ2v) is 7.92. The lowest BCUT2D eigenvalue weighted by molar-refractivity contribution is -0.124. The van der Waals surface area contributed by atoms with Crippen molar-refractivity contribution < 1.29 is 4.79 Å². The van der Waals surface area contributed by atoms with Gasteiger partial charge in [0.05, 0.1) is 22.3 Å². The molecule has 5 nitrogen and oxygen atoms in total. The minimum absolute atomic E-state index is 0.0559. The first kappa shape index (κ1) is 18.3. The van der Waals surface area contributed by atoms with Gasteiger partial charge in [-0.05, 0) is 67.8 Å². The molecule has 1 aliphatic heterocycles. The third kappa shape index (κ3) is 2.61. The summed E-state index contributed by atoms with van der Waals surface area (Å²) in [5.74, 6) is -0.0559. The first-order valence-electron chi connectivity index (χ1n) is 9.45. The van der Waals surface area contributed by atoms with Crippen LogP contribution in [0.1, 0.15) is 23.6 Å². The molecule has 0 saturated carbocycles. The molecule has 2 heterocycles. The molecule has 2 aromatic carbocycles. The number of fused-ring (bicyclic) bond motifs is 3. The minimum Gasteiger partial charge on any atom is -0.377 e. The average Bonchev–Trinajstić information content (AvgIpc) is 3.02. The van der Waals surface area contributed by atoms with E-state index in [1.54, 1.807) is 7.05 Å². The molecule has 0 unspecified atom stereocenters. The van der Waals surface area contributed by atoms with Gasteiger partial charge in [0, 0.05) is 44.7 Å². The predicted molar refractivity (Wildman–Crippen MR) is 118 cm³/mol. The smallest absolute Gasteiger partial charge is 0.275 e. The Bertz CT molecular complexity index is 1210. The fourth-order valence-corrected chi connectivity index (χ4v) is 4.31. The maximum Gasteiger partial charge on any atom is 0.275 e. The van der Waals surface area contributed by atoms with Gasteiger partial charge in [0.25, 0.3) is 5.91 Å². The van der Waals surface area contributed by atoms with Crippen molar-refractivity contribution in [1.82, 2.24) is 9.58 Å². The van der Waals surface area contributed by atoms with Gasteiger partial charge in [-0.2, -0.15) is 5.10 Å². The SMILES string of the molecule is CC1=NN(C)C(=O)/C1=C\c1cc(C)c2c(c1)c1cc(C)c(N(C)C)cc1n2C. The fraction of sp³-hybridized carbons (Fsp3) is 0.304. The van der Waals surface area contributed by atoms with Crippen LogP contribution in [-0.4, -0.2) is 42.3 Å². The van der Waals surface area contributed by atoms with E-state index in [2.05, 4.69) is 73.8 Å². The zero-order valence-corrected chi connectivity index (χ0v) is 17.6. The molecular formula is C23H26N4O. The van der Waals surface area contributed by atoms with Crippen LogP contribution in [0.5, 0.6) is 0 Å². The largest absolute Gasteiger partial charge is 0.377 e. The van der Waals surface area contributed by atoms with Gasteiger partial charge in [0.1, 0.15) is 0 Å². The van der Waals surface area contributed by atoms with E-state index in [1.165, 1.54) is 43.6 Å². The van der Waals surface area contributed by atoms with Crippen molar-refractivity contribution in [2.45, 2.75) is 20.8 Å². The van der Waals surface area contributed by atoms with Crippen LogP contribution in [0.15, 0.2) is 34.9 Å². The van der Waals surface area contributed by atoms with Crippen LogP contribution in [0, 0.1) is 13.8 Å². The summed E-state index contributed by atoms with van der Waals surface area (Å²) in [6.45, 7) is 6.16. The number of aromatic nitrogens is 1. The highest BCUT2D eigenvalue weighted by Crippen LogP contribution is 2.35. The fourth-order valence-electron chi connectivity index (χ4n) is 4.31. The summed E-state index contributed by atoms with van der Waals surface area (Å²) in [5.41, 5.74) is 8.56. The Morgan fingerprint density at radius 1 is 0.964 bits per heavy atom. The van der Waals surface area contributed by atoms with Crippen molar-refractivity contribution in [2.75, 3.05) is 26.0 Å². The Balaban J connectivity index is 1.98. The zero-order valence-electron chi connectivity index (χ0n) is 17.6. The van der Waals surface area contributed by atoms with Gasteiger partial charge < -0.3 is 9.47 Å². The number of benzene rings is 2. The molecule has 1 amide bonds. The Morgan fingerprint density at radius 3 is 2.29 bits per heavy atom. The summed E-state index contributed by atoms with van der Waals surface area (Å²) in [4.78, 5) is 14.5. The number of amides is 1. The van der Waals surface area contributed by atoms with Crippen molar-refractivity contribution in [3.63, 3.8) is 0 Å². The lowest BCUT2D eigenvalue weighted by atomic mass is 10.0. The molecule has 0 aliphatic carbocycles. The summed E-state index contributed by atoms with van der Waals surface area (Å²) < 4.78 is 2.27. The molecule has 4 rings (SSSR count). The quantitative estimate of drug-likeness (QED) is 0.630. The first-order valence-corrected chi connectivity index (χ1v) is 9.45. The molecule has 0 spiro atoms. The number of nitrogens with zero attached hydrogens (tertiary/aromatic N) is 4. The molecule has 5 heteroatoms. The maximum absolute atomic E-state index is 12.4. The van der Waals surface area contributed by atoms with E-state index < -0.39 is 0 Å². The summed E-state index contributed by atoms with van der Waals surface area (Å²) >= 11 is 0. The van der Waals surface area contributed by atoms with Crippen LogP contribution >= 0.6 is 0 Å². The van der Waals surface area contributed by atoms with Gasteiger partial charge in [-0.15, -0.1) is 0 Å². The van der Waals surface area contributed by atoms with Gasteiger partial charge in [-0.3, -0.25) is 4.79 Å². The maximum atomic E-state index is 12.4. The normalized spacial score (nSPS) is 16.0. The monoisotopic (exact) mass is 374 g/mol. The number of hydrogen-bond acceptors (Lipinski definition) is 3. The van der Waals surface area contributed by atoms with E-state index in [-0.39, 0.29) is 5.91 Å². The number of anilines is 1. The number of likely N-dealkylation sites (N-methyl/N-ethyl adjacent to an activating group) is 1. The van der Waals surface area contributed by atoms with Crippen molar-refractivity contribution in [3.05, 3.63) is 46.5 Å². The van der Waals surface area contributed by atoms with E-state index in [4.69, 9.17) is 0 Å². The molecule has 0 bridgehead atoms. The van der Waals surface area contributed by atoms with E-state index in [1.807, 2.05) is 13.0 Å². The predicted octanol–water partition coefficient (Wildman–Crippen LogP) is 4.25. The van der Waals surface area contributed by atoms with E-state index in [0.717, 1.165) is 11.3 Å². The van der Waals surface area contributed by atoms with Crippen LogP contribution in [-0.2, 0) is 11.8 Å². The number of hydrogen-bond donors (Lipinski definition) is 0. The zero-order chi connectivity index (χ0) is 20.3. The number of hydrazone groups is 1. The molecule has 3 aromatic rings. The van der Waals surface area contributed by atoms with Crippen LogP contribution in [0.3, 0.4) is 0 Å². The summed E-state index contributed by atoms with van der Waals surface area (Å²) in [6.07, 6.45) is 1.96. The van der Waals surface area contributed by atoms with E-state index in [9.17, 15) is 4.79 Å². The summed E-state index contributed by atoms with van der Waals surface area (Å²) in [5, 5.41) is 8.10. The molecule has 0 fully saturated rings. The molecule has 0 saturated heterocycles. The van der Waals surface area contributed by atoms with Crippen molar-refractivity contribution in [1.29, 1.82) is 0 Å². The minimum atomic E-state index is -0.0559. The third-order valence-electron chi connectivity index (χ3n) is 5.63. The molecule has 0 atom stereocenters. The second-order valence-electron chi connectivity index (χ2n) is 7.92.